The summed E-state index contributed by atoms with van der Waals surface area (Å²) in [5.41, 5.74) is 4.08. The molecule has 1 aliphatic heterocycles. The van der Waals surface area contributed by atoms with E-state index < -0.39 is 0 Å². The van der Waals surface area contributed by atoms with Gasteiger partial charge in [0.15, 0.2) is 0 Å². The van der Waals surface area contributed by atoms with E-state index in [0.717, 1.165) is 46.6 Å². The fourth-order valence-electron chi connectivity index (χ4n) is 4.26. The van der Waals surface area contributed by atoms with Gasteiger partial charge in [-0.3, -0.25) is 9.59 Å². The van der Waals surface area contributed by atoms with Gasteiger partial charge in [0.25, 0.3) is 0 Å². The first-order valence-corrected chi connectivity index (χ1v) is 11.3. The maximum absolute atomic E-state index is 12.5. The van der Waals surface area contributed by atoms with Gasteiger partial charge < -0.3 is 19.5 Å². The predicted molar refractivity (Wildman–Crippen MR) is 121 cm³/mol. The molecule has 166 valence electrons. The Morgan fingerprint density at radius 2 is 2.03 bits per heavy atom. The van der Waals surface area contributed by atoms with Crippen LogP contribution in [0.4, 0.5) is 0 Å². The zero-order valence-corrected chi connectivity index (χ0v) is 18.3. The minimum atomic E-state index is -0.00575. The summed E-state index contributed by atoms with van der Waals surface area (Å²) in [6.07, 6.45) is 3.05. The molecule has 32 heavy (non-hydrogen) atoms. The average Bonchev–Trinajstić information content (AvgIpc) is 3.63. The summed E-state index contributed by atoms with van der Waals surface area (Å²) in [7, 11) is 1.96. The van der Waals surface area contributed by atoms with Gasteiger partial charge >= 0.3 is 0 Å². The second-order valence-corrected chi connectivity index (χ2v) is 8.68. The summed E-state index contributed by atoms with van der Waals surface area (Å²) in [4.78, 5) is 31.5. The van der Waals surface area contributed by atoms with Gasteiger partial charge in [0.05, 0.1) is 24.1 Å². The number of hydrogen-bond acceptors (Lipinski definition) is 4. The molecule has 1 N–H and O–H groups in total. The molecule has 0 unspecified atom stereocenters. The van der Waals surface area contributed by atoms with E-state index in [0.29, 0.717) is 39.1 Å². The van der Waals surface area contributed by atoms with Crippen molar-refractivity contribution in [3.63, 3.8) is 0 Å². The van der Waals surface area contributed by atoms with Gasteiger partial charge in [0.1, 0.15) is 18.2 Å². The van der Waals surface area contributed by atoms with Crippen LogP contribution in [0.2, 0.25) is 0 Å². The number of fused-ring (bicyclic) bond motifs is 2. The monoisotopic (exact) mass is 432 g/mol. The van der Waals surface area contributed by atoms with Gasteiger partial charge in [-0.05, 0) is 43.0 Å². The molecule has 2 aliphatic rings. The first kappa shape index (κ1) is 20.5. The third-order valence-electron chi connectivity index (χ3n) is 6.31. The van der Waals surface area contributed by atoms with E-state index in [-0.39, 0.29) is 17.7 Å². The second kappa shape index (κ2) is 8.65. The number of carbonyl (C=O) groups excluding carboxylic acids is 2. The van der Waals surface area contributed by atoms with E-state index in [1.54, 1.807) is 0 Å². The number of benzene rings is 2. The fraction of sp³-hybridized carbons (Fsp3) is 0.400. The molecule has 1 saturated carbocycles. The van der Waals surface area contributed by atoms with Gasteiger partial charge in [0.2, 0.25) is 11.8 Å². The minimum absolute atomic E-state index is 0.00575. The Morgan fingerprint density at radius 3 is 2.84 bits per heavy atom. The number of ether oxygens (including phenoxy) is 1. The van der Waals surface area contributed by atoms with Gasteiger partial charge in [-0.25, -0.2) is 4.98 Å². The molecular weight excluding hydrogens is 404 g/mol. The summed E-state index contributed by atoms with van der Waals surface area (Å²) in [6.45, 7) is 2.14. The third kappa shape index (κ3) is 4.33. The van der Waals surface area contributed by atoms with Crippen LogP contribution in [0.25, 0.3) is 11.0 Å². The number of aryl methyl sites for hydroxylation is 2. The smallest absolute Gasteiger partial charge is 0.226 e. The molecule has 5 rings (SSSR count). The van der Waals surface area contributed by atoms with Gasteiger partial charge in [-0.2, -0.15) is 0 Å². The van der Waals surface area contributed by atoms with Crippen molar-refractivity contribution in [1.29, 1.82) is 0 Å². The Kier molecular flexibility index (Phi) is 5.55. The van der Waals surface area contributed by atoms with Crippen molar-refractivity contribution >= 4 is 22.8 Å². The number of amides is 2. The van der Waals surface area contributed by atoms with E-state index in [1.807, 2.05) is 52.9 Å². The highest BCUT2D eigenvalue weighted by Gasteiger charge is 2.34. The molecule has 0 saturated heterocycles. The molecule has 1 aromatic heterocycles. The Bertz CT molecular complexity index is 1170. The average molecular weight is 433 g/mol. The minimum Gasteiger partial charge on any atom is -0.491 e. The number of nitrogens with zero attached hydrogens (tertiary/aromatic N) is 3. The van der Waals surface area contributed by atoms with E-state index >= 15 is 0 Å². The van der Waals surface area contributed by atoms with Crippen molar-refractivity contribution in [2.24, 2.45) is 13.0 Å². The lowest BCUT2D eigenvalue weighted by molar-refractivity contribution is -0.133. The van der Waals surface area contributed by atoms with Gasteiger partial charge in [-0.15, -0.1) is 0 Å². The molecule has 2 heterocycles. The topological polar surface area (TPSA) is 76.5 Å². The maximum atomic E-state index is 12.5. The number of aromatic nitrogens is 2. The molecule has 0 spiro atoms. The van der Waals surface area contributed by atoms with Crippen molar-refractivity contribution in [1.82, 2.24) is 19.8 Å². The summed E-state index contributed by atoms with van der Waals surface area (Å²) in [5, 5.41) is 2.98. The molecule has 3 aromatic rings. The van der Waals surface area contributed by atoms with Crippen molar-refractivity contribution < 1.29 is 14.3 Å². The van der Waals surface area contributed by atoms with E-state index in [2.05, 4.69) is 16.4 Å². The molecule has 7 nitrogen and oxygen atoms in total. The number of nitrogens with one attached hydrogen (secondary N) is 1. The van der Waals surface area contributed by atoms with Crippen LogP contribution in [0, 0.1) is 5.92 Å². The number of hydrogen-bond donors (Lipinski definition) is 1. The Morgan fingerprint density at radius 1 is 1.19 bits per heavy atom. The fourth-order valence-corrected chi connectivity index (χ4v) is 4.26. The van der Waals surface area contributed by atoms with Crippen LogP contribution in [-0.2, 0) is 36.1 Å². The largest absolute Gasteiger partial charge is 0.491 e. The van der Waals surface area contributed by atoms with Gasteiger partial charge in [-0.1, -0.05) is 24.3 Å². The van der Waals surface area contributed by atoms with E-state index in [4.69, 9.17) is 4.74 Å². The summed E-state index contributed by atoms with van der Waals surface area (Å²) < 4.78 is 7.86. The van der Waals surface area contributed by atoms with E-state index in [9.17, 15) is 9.59 Å². The summed E-state index contributed by atoms with van der Waals surface area (Å²) in [5.74, 6) is 2.12. The van der Waals surface area contributed by atoms with Crippen LogP contribution < -0.4 is 10.1 Å². The predicted octanol–water partition coefficient (Wildman–Crippen LogP) is 2.95. The van der Waals surface area contributed by atoms with Crippen LogP contribution in [0.1, 0.15) is 36.2 Å². The molecule has 2 aromatic carbocycles. The number of imidazole rings is 1. The molecule has 0 radical (unpaired) electrons. The molecule has 0 atom stereocenters. The summed E-state index contributed by atoms with van der Waals surface area (Å²) >= 11 is 0. The van der Waals surface area contributed by atoms with E-state index in [1.165, 1.54) is 0 Å². The van der Waals surface area contributed by atoms with Crippen molar-refractivity contribution in [2.45, 2.75) is 38.8 Å². The molecule has 0 bridgehead atoms. The quantitative estimate of drug-likeness (QED) is 0.650. The first-order valence-electron chi connectivity index (χ1n) is 11.3. The highest BCUT2D eigenvalue weighted by Crippen LogP contribution is 2.33. The normalized spacial score (nSPS) is 15.7. The molecule has 2 amide bonds. The number of para-hydroxylation sites is 2. The third-order valence-corrected chi connectivity index (χ3v) is 6.31. The van der Waals surface area contributed by atoms with Crippen molar-refractivity contribution in [2.75, 3.05) is 13.2 Å². The first-order chi connectivity index (χ1) is 15.6. The lowest BCUT2D eigenvalue weighted by Gasteiger charge is -2.19. The van der Waals surface area contributed by atoms with Crippen LogP contribution in [0.3, 0.4) is 0 Å². The van der Waals surface area contributed by atoms with Crippen molar-refractivity contribution in [3.05, 3.63) is 59.4 Å². The van der Waals surface area contributed by atoms with Gasteiger partial charge in [0, 0.05) is 31.5 Å². The maximum Gasteiger partial charge on any atom is 0.226 e. The zero-order valence-electron chi connectivity index (χ0n) is 18.3. The number of carbonyl (C=O) groups is 2. The highest BCUT2D eigenvalue weighted by molar-refractivity contribution is 5.81. The summed E-state index contributed by atoms with van der Waals surface area (Å²) in [6, 6.07) is 14.0. The SMILES string of the molecule is Cn1c(CNC(=O)CCc2ccc3c(c2)CN(C(=O)C2CC2)CCO3)nc2ccccc21. The standard InChI is InChI=1S/C25H28N4O3/c1-28-21-5-3-2-4-20(21)27-23(28)15-26-24(30)11-7-17-6-10-22-19(14-17)16-29(12-13-32-22)25(31)18-8-9-18/h2-6,10,14,18H,7-9,11-13,15-16H2,1H3,(H,26,30). The molecule has 7 heteroatoms. The Labute approximate surface area is 187 Å². The van der Waals surface area contributed by atoms with Crippen molar-refractivity contribution in [3.8, 4) is 5.75 Å². The zero-order chi connectivity index (χ0) is 22.1. The lowest BCUT2D eigenvalue weighted by Crippen LogP contribution is -2.33. The van der Waals surface area contributed by atoms with Crippen LogP contribution in [0.15, 0.2) is 42.5 Å². The number of rotatable bonds is 6. The highest BCUT2D eigenvalue weighted by atomic mass is 16.5. The molecule has 1 aliphatic carbocycles. The molecular formula is C25H28N4O3. The second-order valence-electron chi connectivity index (χ2n) is 8.68. The Balaban J connectivity index is 1.18. The Hall–Kier alpha value is -3.35. The van der Waals surface area contributed by atoms with Crippen LogP contribution in [-0.4, -0.2) is 39.4 Å². The lowest BCUT2D eigenvalue weighted by atomic mass is 10.0. The van der Waals surface area contributed by atoms with Crippen LogP contribution in [0.5, 0.6) is 5.75 Å². The van der Waals surface area contributed by atoms with Crippen LogP contribution >= 0.6 is 0 Å². The molecule has 1 fully saturated rings.